The molecule has 0 unspecified atom stereocenters. The first-order chi connectivity index (χ1) is 6.65. The minimum atomic E-state index is 0.621. The Balaban J connectivity index is 2.92. The quantitative estimate of drug-likeness (QED) is 0.723. The van der Waals surface area contributed by atoms with Crippen LogP contribution in [0.2, 0.25) is 5.02 Å². The molecule has 4 heteroatoms. The van der Waals surface area contributed by atoms with Crippen LogP contribution in [-0.2, 0) is 7.05 Å². The molecule has 14 heavy (non-hydrogen) atoms. The van der Waals surface area contributed by atoms with Crippen LogP contribution in [0.5, 0.6) is 5.75 Å². The highest BCUT2D eigenvalue weighted by Gasteiger charge is 2.12. The van der Waals surface area contributed by atoms with Gasteiger partial charge in [-0.05, 0) is 19.1 Å². The number of hydrogen-bond acceptors (Lipinski definition) is 2. The predicted molar refractivity (Wildman–Crippen MR) is 57.0 cm³/mol. The van der Waals surface area contributed by atoms with Gasteiger partial charge in [0.1, 0.15) is 5.75 Å². The third-order valence-corrected chi connectivity index (χ3v) is 2.60. The second-order valence-corrected chi connectivity index (χ2v) is 3.59. The standard InChI is InChI=1S/C10H11ClN2O/c1-6-9-8(13(2)12-6)5-4-7(11)10(9)14-3/h4-5H,1-3H3. The van der Waals surface area contributed by atoms with E-state index in [2.05, 4.69) is 5.10 Å². The lowest BCUT2D eigenvalue weighted by atomic mass is 10.2. The first kappa shape index (κ1) is 9.34. The van der Waals surface area contributed by atoms with Crippen molar-refractivity contribution in [2.24, 2.45) is 7.05 Å². The Morgan fingerprint density at radius 1 is 1.43 bits per heavy atom. The summed E-state index contributed by atoms with van der Waals surface area (Å²) in [6.07, 6.45) is 0. The zero-order valence-corrected chi connectivity index (χ0v) is 9.09. The van der Waals surface area contributed by atoms with Gasteiger partial charge in [0.05, 0.1) is 28.7 Å². The van der Waals surface area contributed by atoms with Gasteiger partial charge in [-0.1, -0.05) is 11.6 Å². The number of rotatable bonds is 1. The fraction of sp³-hybridized carbons (Fsp3) is 0.300. The molecule has 3 nitrogen and oxygen atoms in total. The smallest absolute Gasteiger partial charge is 0.148 e. The SMILES string of the molecule is COc1c(Cl)ccc2c1c(C)nn2C. The number of halogens is 1. The Morgan fingerprint density at radius 2 is 2.14 bits per heavy atom. The molecule has 74 valence electrons. The molecular formula is C10H11ClN2O. The van der Waals surface area contributed by atoms with Crippen LogP contribution < -0.4 is 4.74 Å². The van der Waals surface area contributed by atoms with Crippen molar-refractivity contribution in [2.75, 3.05) is 7.11 Å². The lowest BCUT2D eigenvalue weighted by Crippen LogP contribution is -1.89. The minimum Gasteiger partial charge on any atom is -0.494 e. The minimum absolute atomic E-state index is 0.621. The van der Waals surface area contributed by atoms with E-state index in [9.17, 15) is 0 Å². The van der Waals surface area contributed by atoms with Gasteiger partial charge in [-0.3, -0.25) is 4.68 Å². The monoisotopic (exact) mass is 210 g/mol. The third-order valence-electron chi connectivity index (χ3n) is 2.30. The van der Waals surface area contributed by atoms with Gasteiger partial charge in [-0.2, -0.15) is 5.10 Å². The fourth-order valence-electron chi connectivity index (χ4n) is 1.69. The molecular weight excluding hydrogens is 200 g/mol. The molecule has 1 aromatic carbocycles. The van der Waals surface area contributed by atoms with E-state index in [-0.39, 0.29) is 0 Å². The normalized spacial score (nSPS) is 10.9. The molecule has 0 saturated carbocycles. The number of hydrogen-bond donors (Lipinski definition) is 0. The summed E-state index contributed by atoms with van der Waals surface area (Å²) in [5, 5.41) is 5.93. The van der Waals surface area contributed by atoms with Crippen molar-refractivity contribution >= 4 is 22.5 Å². The summed E-state index contributed by atoms with van der Waals surface area (Å²) in [6, 6.07) is 3.77. The fourth-order valence-corrected chi connectivity index (χ4v) is 1.93. The van der Waals surface area contributed by atoms with Gasteiger partial charge >= 0.3 is 0 Å². The van der Waals surface area contributed by atoms with Gasteiger partial charge in [0.15, 0.2) is 0 Å². The van der Waals surface area contributed by atoms with Crippen LogP contribution in [0.4, 0.5) is 0 Å². The molecule has 2 rings (SSSR count). The molecule has 0 aliphatic rings. The van der Waals surface area contributed by atoms with Gasteiger partial charge in [0, 0.05) is 7.05 Å². The molecule has 0 atom stereocenters. The van der Waals surface area contributed by atoms with Gasteiger partial charge in [0.2, 0.25) is 0 Å². The van der Waals surface area contributed by atoms with E-state index in [1.165, 1.54) is 0 Å². The topological polar surface area (TPSA) is 27.1 Å². The average molecular weight is 211 g/mol. The Hall–Kier alpha value is -1.22. The molecule has 0 fully saturated rings. The van der Waals surface area contributed by atoms with Gasteiger partial charge in [-0.25, -0.2) is 0 Å². The lowest BCUT2D eigenvalue weighted by Gasteiger charge is -2.04. The van der Waals surface area contributed by atoms with E-state index in [1.807, 2.05) is 30.8 Å². The molecule has 2 aromatic rings. The van der Waals surface area contributed by atoms with Crippen LogP contribution in [-0.4, -0.2) is 16.9 Å². The van der Waals surface area contributed by atoms with E-state index < -0.39 is 0 Å². The number of aromatic nitrogens is 2. The van der Waals surface area contributed by atoms with Crippen LogP contribution in [0, 0.1) is 6.92 Å². The molecule has 0 N–H and O–H groups in total. The molecule has 0 aliphatic carbocycles. The van der Waals surface area contributed by atoms with Gasteiger partial charge < -0.3 is 4.74 Å². The predicted octanol–water partition coefficient (Wildman–Crippen LogP) is 2.54. The average Bonchev–Trinajstić information content (AvgIpc) is 2.43. The maximum absolute atomic E-state index is 6.02. The molecule has 0 amide bonds. The van der Waals surface area contributed by atoms with Crippen molar-refractivity contribution in [2.45, 2.75) is 6.92 Å². The van der Waals surface area contributed by atoms with Gasteiger partial charge in [0.25, 0.3) is 0 Å². The van der Waals surface area contributed by atoms with Crippen molar-refractivity contribution in [3.05, 3.63) is 22.8 Å². The number of nitrogens with zero attached hydrogens (tertiary/aromatic N) is 2. The molecule has 0 saturated heterocycles. The van der Waals surface area contributed by atoms with Crippen molar-refractivity contribution < 1.29 is 4.74 Å². The highest BCUT2D eigenvalue weighted by molar-refractivity contribution is 6.33. The first-order valence-electron chi connectivity index (χ1n) is 4.31. The summed E-state index contributed by atoms with van der Waals surface area (Å²) in [5.74, 6) is 0.703. The number of aryl methyl sites for hydroxylation is 2. The molecule has 0 bridgehead atoms. The number of ether oxygens (including phenoxy) is 1. The van der Waals surface area contributed by atoms with Gasteiger partial charge in [-0.15, -0.1) is 0 Å². The molecule has 0 aliphatic heterocycles. The largest absolute Gasteiger partial charge is 0.494 e. The zero-order valence-electron chi connectivity index (χ0n) is 8.34. The van der Waals surface area contributed by atoms with Crippen LogP contribution in [0.25, 0.3) is 10.9 Å². The summed E-state index contributed by atoms with van der Waals surface area (Å²) in [5.41, 5.74) is 1.96. The van der Waals surface area contributed by atoms with E-state index >= 15 is 0 Å². The molecule has 0 spiro atoms. The maximum atomic E-state index is 6.02. The van der Waals surface area contributed by atoms with Crippen molar-refractivity contribution in [3.8, 4) is 5.75 Å². The Labute approximate surface area is 87.2 Å². The number of methoxy groups -OCH3 is 1. The maximum Gasteiger partial charge on any atom is 0.148 e. The van der Waals surface area contributed by atoms with Crippen LogP contribution in [0.3, 0.4) is 0 Å². The highest BCUT2D eigenvalue weighted by atomic mass is 35.5. The summed E-state index contributed by atoms with van der Waals surface area (Å²) < 4.78 is 7.09. The van der Waals surface area contributed by atoms with Crippen LogP contribution in [0.1, 0.15) is 5.69 Å². The Morgan fingerprint density at radius 3 is 2.79 bits per heavy atom. The second kappa shape index (κ2) is 3.17. The van der Waals surface area contributed by atoms with Crippen molar-refractivity contribution in [1.82, 2.24) is 9.78 Å². The van der Waals surface area contributed by atoms with Crippen LogP contribution >= 0.6 is 11.6 Å². The Kier molecular flexibility index (Phi) is 2.11. The number of benzene rings is 1. The third kappa shape index (κ3) is 1.16. The van der Waals surface area contributed by atoms with E-state index in [0.717, 1.165) is 16.6 Å². The van der Waals surface area contributed by atoms with E-state index in [4.69, 9.17) is 16.3 Å². The van der Waals surface area contributed by atoms with Crippen molar-refractivity contribution in [1.29, 1.82) is 0 Å². The Bertz CT molecular complexity index is 490. The van der Waals surface area contributed by atoms with Crippen molar-refractivity contribution in [3.63, 3.8) is 0 Å². The highest BCUT2D eigenvalue weighted by Crippen LogP contribution is 2.34. The first-order valence-corrected chi connectivity index (χ1v) is 4.68. The summed E-state index contributed by atoms with van der Waals surface area (Å²) in [4.78, 5) is 0. The summed E-state index contributed by atoms with van der Waals surface area (Å²) in [7, 11) is 3.52. The molecule has 0 radical (unpaired) electrons. The lowest BCUT2D eigenvalue weighted by molar-refractivity contribution is 0.420. The second-order valence-electron chi connectivity index (χ2n) is 3.18. The van der Waals surface area contributed by atoms with E-state index in [1.54, 1.807) is 7.11 Å². The summed E-state index contributed by atoms with van der Waals surface area (Å²) in [6.45, 7) is 1.95. The molecule has 1 aromatic heterocycles. The number of fused-ring (bicyclic) bond motifs is 1. The summed E-state index contributed by atoms with van der Waals surface area (Å²) >= 11 is 6.02. The van der Waals surface area contributed by atoms with Crippen LogP contribution in [0.15, 0.2) is 12.1 Å². The molecule has 1 heterocycles. The van der Waals surface area contributed by atoms with E-state index in [0.29, 0.717) is 10.8 Å². The zero-order chi connectivity index (χ0) is 10.3.